The van der Waals surface area contributed by atoms with Crippen LogP contribution in [0.2, 0.25) is 5.02 Å². The third-order valence-corrected chi connectivity index (χ3v) is 5.38. The predicted octanol–water partition coefficient (Wildman–Crippen LogP) is 3.11. The van der Waals surface area contributed by atoms with Gasteiger partial charge in [-0.25, -0.2) is 14.8 Å². The average Bonchev–Trinajstić information content (AvgIpc) is 2.97. The van der Waals surface area contributed by atoms with Crippen LogP contribution in [0.4, 0.5) is 4.79 Å². The first-order valence-corrected chi connectivity index (χ1v) is 9.62. The molecule has 0 aliphatic heterocycles. The maximum atomic E-state index is 12.0. The molecule has 9 heteroatoms. The molecule has 25 heavy (non-hydrogen) atoms. The van der Waals surface area contributed by atoms with Crippen molar-refractivity contribution in [1.29, 1.82) is 0 Å². The molecular formula is C16H20ClN5O2S. The van der Waals surface area contributed by atoms with Crippen LogP contribution in [0, 0.1) is 5.92 Å². The lowest BCUT2D eigenvalue weighted by Gasteiger charge is -2.29. The molecule has 2 aromatic rings. The Balaban J connectivity index is 1.47. The van der Waals surface area contributed by atoms with Gasteiger partial charge in [-0.15, -0.1) is 0 Å². The van der Waals surface area contributed by atoms with Crippen LogP contribution in [-0.4, -0.2) is 38.7 Å². The van der Waals surface area contributed by atoms with E-state index in [9.17, 15) is 9.59 Å². The Morgan fingerprint density at radius 1 is 1.40 bits per heavy atom. The summed E-state index contributed by atoms with van der Waals surface area (Å²) in [5, 5.41) is 6.34. The molecule has 1 aliphatic carbocycles. The van der Waals surface area contributed by atoms with Crippen LogP contribution in [0.5, 0.6) is 0 Å². The number of H-pyrrole nitrogens is 1. The number of imidazole rings is 1. The third-order valence-electron chi connectivity index (χ3n) is 4.30. The van der Waals surface area contributed by atoms with Gasteiger partial charge >= 0.3 is 6.03 Å². The number of aromatic nitrogens is 3. The van der Waals surface area contributed by atoms with E-state index in [0.29, 0.717) is 27.3 Å². The van der Waals surface area contributed by atoms with Gasteiger partial charge in [0.25, 0.3) is 0 Å². The zero-order valence-corrected chi connectivity index (χ0v) is 15.4. The van der Waals surface area contributed by atoms with E-state index < -0.39 is 6.03 Å². The highest BCUT2D eigenvalue weighted by molar-refractivity contribution is 7.99. The normalized spacial score (nSPS) is 20.4. The Bertz CT molecular complexity index is 781. The van der Waals surface area contributed by atoms with Crippen molar-refractivity contribution in [1.82, 2.24) is 25.6 Å². The monoisotopic (exact) mass is 381 g/mol. The summed E-state index contributed by atoms with van der Waals surface area (Å²) in [5.41, 5.74) is 1.25. The molecule has 3 amide bonds. The van der Waals surface area contributed by atoms with Gasteiger partial charge in [-0.05, 0) is 24.8 Å². The Morgan fingerprint density at radius 2 is 2.20 bits per heavy atom. The summed E-state index contributed by atoms with van der Waals surface area (Å²) in [6.45, 7) is 2.13. The number of hydrogen-bond donors (Lipinski definition) is 3. The molecule has 0 saturated heterocycles. The number of fused-ring (bicyclic) bond motifs is 1. The minimum atomic E-state index is -0.428. The third kappa shape index (κ3) is 4.85. The number of urea groups is 1. The number of nitrogens with one attached hydrogen (secondary N) is 3. The molecule has 1 saturated carbocycles. The molecule has 3 N–H and O–H groups in total. The number of pyridine rings is 1. The predicted molar refractivity (Wildman–Crippen MR) is 97.7 cm³/mol. The van der Waals surface area contributed by atoms with Gasteiger partial charge in [0.1, 0.15) is 0 Å². The van der Waals surface area contributed by atoms with Crippen molar-refractivity contribution in [2.45, 2.75) is 43.8 Å². The number of halogens is 1. The van der Waals surface area contributed by atoms with E-state index in [1.54, 1.807) is 6.07 Å². The van der Waals surface area contributed by atoms with E-state index in [2.05, 4.69) is 32.5 Å². The second-order valence-corrected chi connectivity index (χ2v) is 7.65. The average molecular weight is 382 g/mol. The van der Waals surface area contributed by atoms with Crippen LogP contribution >= 0.6 is 23.4 Å². The van der Waals surface area contributed by atoms with Crippen LogP contribution in [-0.2, 0) is 4.79 Å². The van der Waals surface area contributed by atoms with E-state index in [0.717, 1.165) is 19.3 Å². The fraction of sp³-hybridized carbons (Fsp3) is 0.500. The van der Waals surface area contributed by atoms with Gasteiger partial charge < -0.3 is 10.3 Å². The molecule has 0 bridgehead atoms. The standard InChI is InChI=1S/C16H20ClN5O2S/c1-9-4-2-3-5-11(9)19-15(24)21-13(23)8-25-16-20-12-6-10(17)7-18-14(12)22-16/h6-7,9,11H,2-5,8H2,1H3,(H,18,20,22)(H2,19,21,23,24)/t9-,11+/m1/s1. The van der Waals surface area contributed by atoms with Crippen LogP contribution in [0.25, 0.3) is 11.2 Å². The largest absolute Gasteiger partial charge is 0.335 e. The van der Waals surface area contributed by atoms with Crippen molar-refractivity contribution in [3.63, 3.8) is 0 Å². The topological polar surface area (TPSA) is 99.8 Å². The molecular weight excluding hydrogens is 362 g/mol. The molecule has 0 spiro atoms. The molecule has 0 unspecified atom stereocenters. The van der Waals surface area contributed by atoms with Gasteiger partial charge in [0.2, 0.25) is 5.91 Å². The number of amides is 3. The number of imide groups is 1. The molecule has 2 heterocycles. The Hall–Kier alpha value is -1.80. The number of thioether (sulfide) groups is 1. The highest BCUT2D eigenvalue weighted by Gasteiger charge is 2.23. The van der Waals surface area contributed by atoms with Crippen LogP contribution < -0.4 is 10.6 Å². The number of carbonyl (C=O) groups is 2. The summed E-state index contributed by atoms with van der Waals surface area (Å²) in [7, 11) is 0. The Labute approximate surface area is 154 Å². The SMILES string of the molecule is C[C@@H]1CCCC[C@@H]1NC(=O)NC(=O)CSc1nc2ncc(Cl)cc2[nH]1. The summed E-state index contributed by atoms with van der Waals surface area (Å²) in [6, 6.07) is 1.43. The van der Waals surface area contributed by atoms with E-state index in [1.807, 2.05) is 0 Å². The number of carbonyl (C=O) groups excluding carboxylic acids is 2. The van der Waals surface area contributed by atoms with E-state index in [1.165, 1.54) is 24.4 Å². The summed E-state index contributed by atoms with van der Waals surface area (Å²) in [5.74, 6) is 0.164. The van der Waals surface area contributed by atoms with Crippen LogP contribution in [0.15, 0.2) is 17.4 Å². The minimum Gasteiger partial charge on any atom is -0.335 e. The van der Waals surface area contributed by atoms with Crippen molar-refractivity contribution < 1.29 is 9.59 Å². The first-order chi connectivity index (χ1) is 12.0. The van der Waals surface area contributed by atoms with E-state index >= 15 is 0 Å². The number of nitrogens with zero attached hydrogens (tertiary/aromatic N) is 2. The van der Waals surface area contributed by atoms with Crippen LogP contribution in [0.3, 0.4) is 0 Å². The molecule has 0 radical (unpaired) electrons. The fourth-order valence-corrected chi connectivity index (χ4v) is 3.78. The van der Waals surface area contributed by atoms with Gasteiger partial charge in [0, 0.05) is 12.2 Å². The molecule has 2 aromatic heterocycles. The minimum absolute atomic E-state index is 0.0845. The molecule has 1 fully saturated rings. The summed E-state index contributed by atoms with van der Waals surface area (Å²) in [4.78, 5) is 35.3. The summed E-state index contributed by atoms with van der Waals surface area (Å²) in [6.07, 6.45) is 5.91. The van der Waals surface area contributed by atoms with E-state index in [-0.39, 0.29) is 17.7 Å². The highest BCUT2D eigenvalue weighted by Crippen LogP contribution is 2.23. The molecule has 134 valence electrons. The van der Waals surface area contributed by atoms with Crippen molar-refractivity contribution in [3.05, 3.63) is 17.3 Å². The number of rotatable bonds is 4. The lowest BCUT2D eigenvalue weighted by molar-refractivity contribution is -0.117. The zero-order chi connectivity index (χ0) is 17.8. The smallest absolute Gasteiger partial charge is 0.321 e. The Morgan fingerprint density at radius 3 is 3.00 bits per heavy atom. The van der Waals surface area contributed by atoms with Gasteiger partial charge in [-0.1, -0.05) is 43.1 Å². The van der Waals surface area contributed by atoms with Gasteiger partial charge in [-0.2, -0.15) is 0 Å². The summed E-state index contributed by atoms with van der Waals surface area (Å²) >= 11 is 7.08. The highest BCUT2D eigenvalue weighted by atomic mass is 35.5. The fourth-order valence-electron chi connectivity index (χ4n) is 2.95. The van der Waals surface area contributed by atoms with Crippen LogP contribution in [0.1, 0.15) is 32.6 Å². The molecule has 0 aromatic carbocycles. The molecule has 7 nitrogen and oxygen atoms in total. The molecule has 2 atom stereocenters. The Kier molecular flexibility index (Phi) is 5.80. The zero-order valence-electron chi connectivity index (χ0n) is 13.8. The van der Waals surface area contributed by atoms with Gasteiger partial charge in [-0.3, -0.25) is 10.1 Å². The second kappa shape index (κ2) is 8.05. The van der Waals surface area contributed by atoms with Gasteiger partial charge in [0.15, 0.2) is 10.8 Å². The second-order valence-electron chi connectivity index (χ2n) is 6.25. The molecule has 1 aliphatic rings. The van der Waals surface area contributed by atoms with Crippen molar-refractivity contribution in [2.24, 2.45) is 5.92 Å². The van der Waals surface area contributed by atoms with Crippen molar-refractivity contribution >= 4 is 46.5 Å². The van der Waals surface area contributed by atoms with Crippen molar-refractivity contribution in [2.75, 3.05) is 5.75 Å². The first-order valence-electron chi connectivity index (χ1n) is 8.25. The maximum absolute atomic E-state index is 12.0. The number of aromatic amines is 1. The van der Waals surface area contributed by atoms with E-state index in [4.69, 9.17) is 11.6 Å². The lowest BCUT2D eigenvalue weighted by Crippen LogP contribution is -2.48. The quantitative estimate of drug-likeness (QED) is 0.706. The molecule has 3 rings (SSSR count). The summed E-state index contributed by atoms with van der Waals surface area (Å²) < 4.78 is 0. The maximum Gasteiger partial charge on any atom is 0.321 e. The first kappa shape index (κ1) is 18.0. The van der Waals surface area contributed by atoms with Gasteiger partial charge in [0.05, 0.1) is 16.3 Å². The van der Waals surface area contributed by atoms with Crippen molar-refractivity contribution in [3.8, 4) is 0 Å². The lowest BCUT2D eigenvalue weighted by atomic mass is 9.86. The number of hydrogen-bond acceptors (Lipinski definition) is 5.